The maximum Gasteiger partial charge on any atom is 0.344 e. The second-order valence-electron chi connectivity index (χ2n) is 1.11. The average Bonchev–Trinajstić information content (AvgIpc) is 2.20. The molecule has 0 fully saturated rings. The van der Waals surface area contributed by atoms with Gasteiger partial charge in [0.25, 0.3) is 0 Å². The minimum Gasteiger partial charge on any atom is -0.313 e. The van der Waals surface area contributed by atoms with Crippen LogP contribution in [0.5, 0.6) is 0 Å². The maximum atomic E-state index is 10.2. The molecule has 72 valence electrons. The van der Waals surface area contributed by atoms with Gasteiger partial charge in [-0.2, -0.15) is 0 Å². The first-order valence-electron chi connectivity index (χ1n) is 4.19. The van der Waals surface area contributed by atoms with E-state index in [9.17, 15) is 4.79 Å². The molecule has 0 rings (SSSR count). The summed E-state index contributed by atoms with van der Waals surface area (Å²) in [5.74, 6) is 0. The van der Waals surface area contributed by atoms with Crippen LogP contribution in [0.25, 0.3) is 0 Å². The second kappa shape index (κ2) is 22.5. The Balaban J connectivity index is -0.000000175. The molecular formula is C9H20N2O. The van der Waals surface area contributed by atoms with E-state index in [1.165, 1.54) is 6.20 Å². The van der Waals surface area contributed by atoms with Gasteiger partial charge in [-0.1, -0.05) is 33.8 Å². The molecule has 0 aromatic carbocycles. The summed E-state index contributed by atoms with van der Waals surface area (Å²) in [6.07, 6.45) is 3.19. The summed E-state index contributed by atoms with van der Waals surface area (Å²) in [7, 11) is 0. The molecule has 0 saturated carbocycles. The summed E-state index contributed by atoms with van der Waals surface area (Å²) >= 11 is 0. The Bertz CT molecular complexity index is 120. The van der Waals surface area contributed by atoms with Gasteiger partial charge in [0.2, 0.25) is 0 Å². The number of aliphatic imine (C=N–C) groups is 1. The van der Waals surface area contributed by atoms with Crippen molar-refractivity contribution in [1.82, 2.24) is 5.32 Å². The van der Waals surface area contributed by atoms with Crippen LogP contribution in [0, 0.1) is 0 Å². The van der Waals surface area contributed by atoms with Gasteiger partial charge in [-0.05, 0) is 13.6 Å². The Morgan fingerprint density at radius 3 is 2.00 bits per heavy atom. The lowest BCUT2D eigenvalue weighted by atomic mass is 10.7. The number of allylic oxidation sites excluding steroid dienone is 1. The fourth-order valence-corrected chi connectivity index (χ4v) is 0.200. The van der Waals surface area contributed by atoms with Crippen LogP contribution in [-0.4, -0.2) is 12.7 Å². The minimum absolute atomic E-state index is 0.428. The van der Waals surface area contributed by atoms with E-state index in [1.807, 2.05) is 27.7 Å². The van der Waals surface area contributed by atoms with Gasteiger partial charge in [0.05, 0.1) is 0 Å². The quantitative estimate of drug-likeness (QED) is 0.607. The van der Waals surface area contributed by atoms with Crippen molar-refractivity contribution in [2.24, 2.45) is 4.99 Å². The number of nitrogens with one attached hydrogen (secondary N) is 1. The Kier molecular flexibility index (Phi) is 32.1. The molecule has 0 heterocycles. The van der Waals surface area contributed by atoms with Gasteiger partial charge in [-0.3, -0.25) is 0 Å². The number of nitrogens with zero attached hydrogens (tertiary/aromatic N) is 1. The number of urea groups is 1. The SMILES string of the molecule is C=NC(=O)N/C=C\C.CC.CC. The highest BCUT2D eigenvalue weighted by Gasteiger charge is 1.84. The lowest BCUT2D eigenvalue weighted by molar-refractivity contribution is 0.252. The molecule has 12 heavy (non-hydrogen) atoms. The van der Waals surface area contributed by atoms with E-state index >= 15 is 0 Å². The average molecular weight is 172 g/mol. The zero-order chi connectivity index (χ0) is 10.4. The van der Waals surface area contributed by atoms with Gasteiger partial charge >= 0.3 is 6.03 Å². The van der Waals surface area contributed by atoms with Crippen LogP contribution in [0.4, 0.5) is 4.79 Å². The fourth-order valence-electron chi connectivity index (χ4n) is 0.200. The van der Waals surface area contributed by atoms with E-state index in [1.54, 1.807) is 13.0 Å². The van der Waals surface area contributed by atoms with Crippen molar-refractivity contribution in [2.75, 3.05) is 0 Å². The molecule has 1 N–H and O–H groups in total. The highest BCUT2D eigenvalue weighted by Crippen LogP contribution is 1.69. The normalized spacial score (nSPS) is 7.08. The molecular weight excluding hydrogens is 152 g/mol. The first kappa shape index (κ1) is 17.1. The Morgan fingerprint density at radius 2 is 1.75 bits per heavy atom. The molecule has 0 aliphatic carbocycles. The van der Waals surface area contributed by atoms with E-state index in [-0.39, 0.29) is 0 Å². The predicted octanol–water partition coefficient (Wildman–Crippen LogP) is 2.98. The van der Waals surface area contributed by atoms with Crippen LogP contribution >= 0.6 is 0 Å². The van der Waals surface area contributed by atoms with Gasteiger partial charge in [0, 0.05) is 6.20 Å². The van der Waals surface area contributed by atoms with Crippen LogP contribution in [0.2, 0.25) is 0 Å². The molecule has 3 heteroatoms. The number of carbonyl (C=O) groups is 1. The monoisotopic (exact) mass is 172 g/mol. The molecule has 0 aliphatic rings. The van der Waals surface area contributed by atoms with Crippen molar-refractivity contribution in [1.29, 1.82) is 0 Å². The molecule has 0 aliphatic heterocycles. The zero-order valence-corrected chi connectivity index (χ0v) is 8.72. The third kappa shape index (κ3) is 23.2. The summed E-state index contributed by atoms with van der Waals surface area (Å²) in [6, 6.07) is -0.428. The van der Waals surface area contributed by atoms with Crippen LogP contribution in [0.1, 0.15) is 34.6 Å². The Labute approximate surface area is 75.6 Å². The lowest BCUT2D eigenvalue weighted by Crippen LogP contribution is -2.10. The van der Waals surface area contributed by atoms with E-state index in [0.29, 0.717) is 0 Å². The van der Waals surface area contributed by atoms with E-state index in [2.05, 4.69) is 17.0 Å². The van der Waals surface area contributed by atoms with Crippen molar-refractivity contribution >= 4 is 12.7 Å². The van der Waals surface area contributed by atoms with E-state index in [4.69, 9.17) is 0 Å². The maximum absolute atomic E-state index is 10.2. The highest BCUT2D eigenvalue weighted by atomic mass is 16.2. The van der Waals surface area contributed by atoms with Gasteiger partial charge in [-0.15, -0.1) is 0 Å². The number of hydrogen-bond donors (Lipinski definition) is 1. The summed E-state index contributed by atoms with van der Waals surface area (Å²) in [4.78, 5) is 13.3. The standard InChI is InChI=1S/C5H8N2O.2C2H6/c1-3-4-7-5(8)6-2;2*1-2/h3-4H,2H2,1H3,(H,7,8);2*1-2H3/b4-3-;;. The van der Waals surface area contributed by atoms with Gasteiger partial charge < -0.3 is 5.32 Å². The van der Waals surface area contributed by atoms with Crippen LogP contribution < -0.4 is 5.32 Å². The number of amides is 2. The first-order chi connectivity index (χ1) is 5.81. The molecule has 0 spiro atoms. The van der Waals surface area contributed by atoms with Crippen molar-refractivity contribution in [3.05, 3.63) is 12.3 Å². The molecule has 0 atom stereocenters. The predicted molar refractivity (Wildman–Crippen MR) is 55.6 cm³/mol. The smallest absolute Gasteiger partial charge is 0.313 e. The number of carbonyl (C=O) groups excluding carboxylic acids is 1. The van der Waals surface area contributed by atoms with Crippen molar-refractivity contribution in [2.45, 2.75) is 34.6 Å². The number of hydrogen-bond acceptors (Lipinski definition) is 1. The second-order valence-corrected chi connectivity index (χ2v) is 1.11. The van der Waals surface area contributed by atoms with Crippen LogP contribution in [0.15, 0.2) is 17.3 Å². The van der Waals surface area contributed by atoms with Gasteiger partial charge in [0.1, 0.15) is 0 Å². The van der Waals surface area contributed by atoms with Gasteiger partial charge in [0.15, 0.2) is 0 Å². The summed E-state index contributed by atoms with van der Waals surface area (Å²) in [5, 5.41) is 2.33. The van der Waals surface area contributed by atoms with Crippen molar-refractivity contribution < 1.29 is 4.79 Å². The Hall–Kier alpha value is -1.12. The first-order valence-corrected chi connectivity index (χ1v) is 4.19. The van der Waals surface area contributed by atoms with Gasteiger partial charge in [-0.25, -0.2) is 9.79 Å². The third-order valence-corrected chi connectivity index (χ3v) is 0.517. The van der Waals surface area contributed by atoms with Crippen LogP contribution in [-0.2, 0) is 0 Å². The topological polar surface area (TPSA) is 41.5 Å². The lowest BCUT2D eigenvalue weighted by Gasteiger charge is -1.86. The van der Waals surface area contributed by atoms with Crippen LogP contribution in [0.3, 0.4) is 0 Å². The molecule has 0 aromatic rings. The molecule has 2 amide bonds. The summed E-state index contributed by atoms with van der Waals surface area (Å²) < 4.78 is 0. The highest BCUT2D eigenvalue weighted by molar-refractivity contribution is 5.79. The molecule has 0 saturated heterocycles. The zero-order valence-electron chi connectivity index (χ0n) is 8.72. The van der Waals surface area contributed by atoms with E-state index in [0.717, 1.165) is 0 Å². The Morgan fingerprint density at radius 1 is 1.33 bits per heavy atom. The third-order valence-electron chi connectivity index (χ3n) is 0.517. The largest absolute Gasteiger partial charge is 0.344 e. The van der Waals surface area contributed by atoms with Crippen molar-refractivity contribution in [3.8, 4) is 0 Å². The summed E-state index contributed by atoms with van der Waals surface area (Å²) in [5.41, 5.74) is 0. The fraction of sp³-hybridized carbons (Fsp3) is 0.556. The molecule has 0 unspecified atom stereocenters. The van der Waals surface area contributed by atoms with E-state index < -0.39 is 6.03 Å². The summed E-state index contributed by atoms with van der Waals surface area (Å²) in [6.45, 7) is 12.8. The van der Waals surface area contributed by atoms with Crippen molar-refractivity contribution in [3.63, 3.8) is 0 Å². The molecule has 0 bridgehead atoms. The minimum atomic E-state index is -0.428. The number of rotatable bonds is 1. The molecule has 0 aromatic heterocycles. The molecule has 0 radical (unpaired) electrons. The molecule has 3 nitrogen and oxygen atoms in total.